The van der Waals surface area contributed by atoms with Gasteiger partial charge in [0.15, 0.2) is 0 Å². The maximum Gasteiger partial charge on any atom is 0.238 e. The van der Waals surface area contributed by atoms with E-state index in [0.29, 0.717) is 17.3 Å². The Hall–Kier alpha value is -1.85. The number of para-hydroxylation sites is 1. The number of rotatable bonds is 5. The van der Waals surface area contributed by atoms with E-state index in [1.54, 1.807) is 18.3 Å². The first kappa shape index (κ1) is 13.6. The van der Waals surface area contributed by atoms with Crippen molar-refractivity contribution in [3.05, 3.63) is 47.5 Å². The van der Waals surface area contributed by atoms with Crippen LogP contribution in [0.5, 0.6) is 0 Å². The Bertz CT molecular complexity index is 567. The van der Waals surface area contributed by atoms with Gasteiger partial charge in [-0.25, -0.2) is 4.98 Å². The molecule has 0 radical (unpaired) electrons. The van der Waals surface area contributed by atoms with E-state index in [0.717, 1.165) is 5.82 Å². The van der Waals surface area contributed by atoms with Crippen LogP contribution < -0.4 is 10.6 Å². The molecular weight excluding hydrogens is 264 g/mol. The standard InChI is InChI=1S/C13H15ClN4O/c1-18-7-6-16-12(18)8-15-9-13(19)17-11-5-3-2-4-10(11)14/h2-7,15H,8-9H2,1H3,(H,17,19). The first-order chi connectivity index (χ1) is 9.16. The summed E-state index contributed by atoms with van der Waals surface area (Å²) in [6, 6.07) is 7.14. The van der Waals surface area contributed by atoms with E-state index in [1.165, 1.54) is 0 Å². The van der Waals surface area contributed by atoms with E-state index in [2.05, 4.69) is 15.6 Å². The summed E-state index contributed by atoms with van der Waals surface area (Å²) in [4.78, 5) is 15.9. The Morgan fingerprint density at radius 1 is 1.42 bits per heavy atom. The van der Waals surface area contributed by atoms with Crippen molar-refractivity contribution in [2.45, 2.75) is 6.54 Å². The number of carbonyl (C=O) groups is 1. The third-order valence-corrected chi connectivity index (χ3v) is 2.97. The minimum absolute atomic E-state index is 0.137. The summed E-state index contributed by atoms with van der Waals surface area (Å²) in [6.45, 7) is 0.748. The number of anilines is 1. The molecule has 0 fully saturated rings. The molecule has 1 heterocycles. The molecule has 5 nitrogen and oxygen atoms in total. The molecule has 0 atom stereocenters. The van der Waals surface area contributed by atoms with Crippen LogP contribution in [0.2, 0.25) is 5.02 Å². The van der Waals surface area contributed by atoms with E-state index in [-0.39, 0.29) is 12.5 Å². The quantitative estimate of drug-likeness (QED) is 0.877. The average Bonchev–Trinajstić information content (AvgIpc) is 2.78. The molecule has 100 valence electrons. The van der Waals surface area contributed by atoms with E-state index in [1.807, 2.05) is 29.9 Å². The van der Waals surface area contributed by atoms with Gasteiger partial charge in [0.2, 0.25) is 5.91 Å². The van der Waals surface area contributed by atoms with Crippen molar-refractivity contribution in [3.63, 3.8) is 0 Å². The van der Waals surface area contributed by atoms with Gasteiger partial charge in [0.05, 0.1) is 23.8 Å². The molecular formula is C13H15ClN4O. The lowest BCUT2D eigenvalue weighted by Gasteiger charge is -2.08. The molecule has 0 aliphatic heterocycles. The smallest absolute Gasteiger partial charge is 0.238 e. The summed E-state index contributed by atoms with van der Waals surface area (Å²) in [7, 11) is 1.91. The van der Waals surface area contributed by atoms with Crippen LogP contribution in [-0.4, -0.2) is 22.0 Å². The monoisotopic (exact) mass is 278 g/mol. The predicted molar refractivity (Wildman–Crippen MR) is 75.0 cm³/mol. The highest BCUT2D eigenvalue weighted by Gasteiger charge is 2.05. The Balaban J connectivity index is 1.79. The summed E-state index contributed by atoms with van der Waals surface area (Å²) >= 11 is 5.96. The topological polar surface area (TPSA) is 59.0 Å². The lowest BCUT2D eigenvalue weighted by atomic mass is 10.3. The Kier molecular flexibility index (Phi) is 4.54. The van der Waals surface area contributed by atoms with Crippen LogP contribution in [-0.2, 0) is 18.4 Å². The van der Waals surface area contributed by atoms with Gasteiger partial charge in [0.1, 0.15) is 5.82 Å². The highest BCUT2D eigenvalue weighted by molar-refractivity contribution is 6.33. The number of halogens is 1. The summed E-state index contributed by atoms with van der Waals surface area (Å²) in [5.74, 6) is 0.743. The number of nitrogens with zero attached hydrogens (tertiary/aromatic N) is 2. The van der Waals surface area contributed by atoms with Crippen LogP contribution in [0.25, 0.3) is 0 Å². The normalized spacial score (nSPS) is 10.4. The Labute approximate surface area is 116 Å². The number of aryl methyl sites for hydroxylation is 1. The van der Waals surface area contributed by atoms with Crippen LogP contribution in [0.15, 0.2) is 36.7 Å². The van der Waals surface area contributed by atoms with Crippen molar-refractivity contribution in [2.24, 2.45) is 7.05 Å². The van der Waals surface area contributed by atoms with Gasteiger partial charge in [0.25, 0.3) is 0 Å². The molecule has 0 bridgehead atoms. The fourth-order valence-corrected chi connectivity index (χ4v) is 1.79. The zero-order valence-electron chi connectivity index (χ0n) is 10.6. The third kappa shape index (κ3) is 3.81. The number of hydrogen-bond acceptors (Lipinski definition) is 3. The van der Waals surface area contributed by atoms with Gasteiger partial charge in [-0.1, -0.05) is 23.7 Å². The average molecular weight is 279 g/mol. The van der Waals surface area contributed by atoms with E-state index in [4.69, 9.17) is 11.6 Å². The largest absolute Gasteiger partial charge is 0.337 e. The first-order valence-corrected chi connectivity index (χ1v) is 6.26. The molecule has 0 aliphatic rings. The van der Waals surface area contributed by atoms with Gasteiger partial charge in [-0.2, -0.15) is 0 Å². The fourth-order valence-electron chi connectivity index (χ4n) is 1.61. The summed E-state index contributed by atoms with van der Waals surface area (Å²) < 4.78 is 1.90. The van der Waals surface area contributed by atoms with E-state index >= 15 is 0 Å². The molecule has 0 saturated carbocycles. The number of imidazole rings is 1. The summed E-state index contributed by atoms with van der Waals surface area (Å²) in [5.41, 5.74) is 0.618. The van der Waals surface area contributed by atoms with Crippen LogP contribution in [0.3, 0.4) is 0 Å². The lowest BCUT2D eigenvalue weighted by Crippen LogP contribution is -2.28. The van der Waals surface area contributed by atoms with Crippen molar-refractivity contribution >= 4 is 23.2 Å². The van der Waals surface area contributed by atoms with Crippen molar-refractivity contribution in [3.8, 4) is 0 Å². The van der Waals surface area contributed by atoms with Gasteiger partial charge in [-0.3, -0.25) is 4.79 Å². The van der Waals surface area contributed by atoms with Crippen LogP contribution in [0.4, 0.5) is 5.69 Å². The predicted octanol–water partition coefficient (Wildman–Crippen LogP) is 1.80. The highest BCUT2D eigenvalue weighted by Crippen LogP contribution is 2.19. The molecule has 1 aromatic carbocycles. The van der Waals surface area contributed by atoms with Crippen LogP contribution in [0.1, 0.15) is 5.82 Å². The minimum atomic E-state index is -0.137. The van der Waals surface area contributed by atoms with Gasteiger partial charge in [0, 0.05) is 19.4 Å². The molecule has 0 unspecified atom stereocenters. The Morgan fingerprint density at radius 2 is 2.21 bits per heavy atom. The molecule has 0 saturated heterocycles. The molecule has 2 N–H and O–H groups in total. The van der Waals surface area contributed by atoms with Crippen molar-refractivity contribution in [1.82, 2.24) is 14.9 Å². The third-order valence-electron chi connectivity index (χ3n) is 2.64. The van der Waals surface area contributed by atoms with E-state index < -0.39 is 0 Å². The molecule has 2 rings (SSSR count). The first-order valence-electron chi connectivity index (χ1n) is 5.88. The fraction of sp³-hybridized carbons (Fsp3) is 0.231. The van der Waals surface area contributed by atoms with Crippen LogP contribution in [0, 0.1) is 0 Å². The second kappa shape index (κ2) is 6.36. The number of hydrogen-bond donors (Lipinski definition) is 2. The van der Waals surface area contributed by atoms with Crippen molar-refractivity contribution in [2.75, 3.05) is 11.9 Å². The van der Waals surface area contributed by atoms with Crippen molar-refractivity contribution in [1.29, 1.82) is 0 Å². The minimum Gasteiger partial charge on any atom is -0.337 e. The maximum absolute atomic E-state index is 11.7. The number of benzene rings is 1. The SMILES string of the molecule is Cn1ccnc1CNCC(=O)Nc1ccccc1Cl. The molecule has 0 spiro atoms. The highest BCUT2D eigenvalue weighted by atomic mass is 35.5. The number of carbonyl (C=O) groups excluding carboxylic acids is 1. The van der Waals surface area contributed by atoms with Gasteiger partial charge in [-0.05, 0) is 12.1 Å². The molecule has 6 heteroatoms. The zero-order chi connectivity index (χ0) is 13.7. The van der Waals surface area contributed by atoms with Crippen LogP contribution >= 0.6 is 11.6 Å². The number of nitrogens with one attached hydrogen (secondary N) is 2. The molecule has 1 amide bonds. The van der Waals surface area contributed by atoms with E-state index in [9.17, 15) is 4.79 Å². The molecule has 1 aromatic heterocycles. The zero-order valence-corrected chi connectivity index (χ0v) is 11.3. The summed E-state index contributed by atoms with van der Waals surface area (Å²) in [5, 5.41) is 6.30. The molecule has 19 heavy (non-hydrogen) atoms. The second-order valence-electron chi connectivity index (χ2n) is 4.09. The maximum atomic E-state index is 11.7. The Morgan fingerprint density at radius 3 is 2.89 bits per heavy atom. The van der Waals surface area contributed by atoms with Gasteiger partial charge in [-0.15, -0.1) is 0 Å². The molecule has 0 aliphatic carbocycles. The van der Waals surface area contributed by atoms with Crippen molar-refractivity contribution < 1.29 is 4.79 Å². The summed E-state index contributed by atoms with van der Waals surface area (Å²) in [6.07, 6.45) is 3.58. The number of aromatic nitrogens is 2. The lowest BCUT2D eigenvalue weighted by molar-refractivity contribution is -0.115. The van der Waals surface area contributed by atoms with Gasteiger partial charge < -0.3 is 15.2 Å². The molecule has 2 aromatic rings. The number of amides is 1. The second-order valence-corrected chi connectivity index (χ2v) is 4.49. The van der Waals surface area contributed by atoms with Gasteiger partial charge >= 0.3 is 0 Å².